The molecule has 0 aliphatic heterocycles. The maximum atomic E-state index is 13.1. The molecule has 0 radical (unpaired) electrons. The van der Waals surface area contributed by atoms with Crippen LogP contribution in [0.4, 0.5) is 10.1 Å². The molecule has 0 saturated heterocycles. The van der Waals surface area contributed by atoms with Gasteiger partial charge in [0, 0.05) is 17.5 Å². The summed E-state index contributed by atoms with van der Waals surface area (Å²) in [5, 5.41) is 0.691. The number of nitrogen functional groups attached to an aromatic ring is 1. The van der Waals surface area contributed by atoms with E-state index in [1.165, 1.54) is 12.1 Å². The number of fused-ring (bicyclic) bond motifs is 1. The predicted octanol–water partition coefficient (Wildman–Crippen LogP) is 2.08. The largest absolute Gasteiger partial charge is 0.423 e. The molecule has 0 fully saturated rings. The summed E-state index contributed by atoms with van der Waals surface area (Å²) in [6.07, 6.45) is 0.674. The Labute approximate surface area is 85.3 Å². The van der Waals surface area contributed by atoms with Crippen LogP contribution in [0.15, 0.2) is 27.4 Å². The fourth-order valence-corrected chi connectivity index (χ4v) is 1.56. The van der Waals surface area contributed by atoms with Crippen molar-refractivity contribution in [1.82, 2.24) is 0 Å². The zero-order valence-corrected chi connectivity index (χ0v) is 8.21. The van der Waals surface area contributed by atoms with Crippen molar-refractivity contribution < 1.29 is 8.81 Å². The molecule has 0 amide bonds. The number of nitrogens with two attached hydrogens (primary N) is 1. The van der Waals surface area contributed by atoms with E-state index in [1.54, 1.807) is 0 Å². The predicted molar refractivity (Wildman–Crippen MR) is 56.2 cm³/mol. The molecule has 2 aromatic rings. The molecular weight excluding hydrogens is 197 g/mol. The fourth-order valence-electron chi connectivity index (χ4n) is 1.56. The summed E-state index contributed by atoms with van der Waals surface area (Å²) < 4.78 is 18.0. The number of hydrogen-bond donors (Lipinski definition) is 1. The first kappa shape index (κ1) is 9.71. The first-order chi connectivity index (χ1) is 7.11. The minimum Gasteiger partial charge on any atom is -0.423 e. The highest BCUT2D eigenvalue weighted by Gasteiger charge is 2.07. The molecule has 78 valence electrons. The summed E-state index contributed by atoms with van der Waals surface area (Å²) in [5.41, 5.74) is 6.10. The van der Waals surface area contributed by atoms with E-state index >= 15 is 0 Å². The lowest BCUT2D eigenvalue weighted by Crippen LogP contribution is -2.01. The van der Waals surface area contributed by atoms with Crippen LogP contribution in [0.25, 0.3) is 11.0 Å². The molecule has 0 unspecified atom stereocenters. The lowest BCUT2D eigenvalue weighted by Gasteiger charge is -2.04. The summed E-state index contributed by atoms with van der Waals surface area (Å²) in [6.45, 7) is 1.91. The third-order valence-electron chi connectivity index (χ3n) is 2.33. The van der Waals surface area contributed by atoms with Gasteiger partial charge in [0.25, 0.3) is 0 Å². The molecule has 0 atom stereocenters. The third kappa shape index (κ3) is 1.58. The standard InChI is InChI=1S/C11H10FNO2/c1-2-6-3-11(14)15-10-5-8(12)9(13)4-7(6)10/h3-5H,2,13H2,1H3. The average Bonchev–Trinajstić information content (AvgIpc) is 2.19. The average molecular weight is 207 g/mol. The van der Waals surface area contributed by atoms with Crippen molar-refractivity contribution in [2.24, 2.45) is 0 Å². The fraction of sp³-hybridized carbons (Fsp3) is 0.182. The van der Waals surface area contributed by atoms with E-state index in [0.717, 1.165) is 11.6 Å². The highest BCUT2D eigenvalue weighted by Crippen LogP contribution is 2.22. The third-order valence-corrected chi connectivity index (χ3v) is 2.33. The molecule has 0 aliphatic carbocycles. The van der Waals surface area contributed by atoms with Gasteiger partial charge in [0.15, 0.2) is 0 Å². The van der Waals surface area contributed by atoms with Crippen LogP contribution in [0.5, 0.6) is 0 Å². The topological polar surface area (TPSA) is 56.2 Å². The monoisotopic (exact) mass is 207 g/mol. The molecule has 1 aromatic carbocycles. The van der Waals surface area contributed by atoms with Crippen molar-refractivity contribution in [2.45, 2.75) is 13.3 Å². The van der Waals surface area contributed by atoms with Gasteiger partial charge in [-0.05, 0) is 18.1 Å². The van der Waals surface area contributed by atoms with Crippen LogP contribution in [0, 0.1) is 5.82 Å². The van der Waals surface area contributed by atoms with Gasteiger partial charge in [-0.1, -0.05) is 6.92 Å². The molecular formula is C11H10FNO2. The van der Waals surface area contributed by atoms with Crippen LogP contribution >= 0.6 is 0 Å². The van der Waals surface area contributed by atoms with Gasteiger partial charge in [0.2, 0.25) is 0 Å². The number of anilines is 1. The summed E-state index contributed by atoms with van der Waals surface area (Å²) in [5.74, 6) is -0.570. The lowest BCUT2D eigenvalue weighted by molar-refractivity contribution is 0.553. The SMILES string of the molecule is CCc1cc(=O)oc2cc(F)c(N)cc12. The Morgan fingerprint density at radius 3 is 2.80 bits per heavy atom. The Kier molecular flexibility index (Phi) is 2.19. The molecule has 2 rings (SSSR count). The first-order valence-electron chi connectivity index (χ1n) is 4.63. The van der Waals surface area contributed by atoms with Crippen molar-refractivity contribution in [1.29, 1.82) is 0 Å². The van der Waals surface area contributed by atoms with E-state index < -0.39 is 11.4 Å². The quantitative estimate of drug-likeness (QED) is 0.575. The van der Waals surface area contributed by atoms with E-state index in [4.69, 9.17) is 10.2 Å². The minimum absolute atomic E-state index is 0.0612. The van der Waals surface area contributed by atoms with Crippen LogP contribution in [0.2, 0.25) is 0 Å². The van der Waals surface area contributed by atoms with Gasteiger partial charge >= 0.3 is 5.63 Å². The second kappa shape index (κ2) is 3.38. The van der Waals surface area contributed by atoms with Crippen LogP contribution in [-0.2, 0) is 6.42 Å². The summed E-state index contributed by atoms with van der Waals surface area (Å²) >= 11 is 0. The van der Waals surface area contributed by atoms with Gasteiger partial charge in [-0.2, -0.15) is 0 Å². The van der Waals surface area contributed by atoms with E-state index in [2.05, 4.69) is 0 Å². The van der Waals surface area contributed by atoms with Crippen molar-refractivity contribution in [3.63, 3.8) is 0 Å². The van der Waals surface area contributed by atoms with Gasteiger partial charge in [-0.25, -0.2) is 9.18 Å². The maximum Gasteiger partial charge on any atom is 0.336 e. The zero-order chi connectivity index (χ0) is 11.0. The molecule has 0 spiro atoms. The molecule has 1 heterocycles. The lowest BCUT2D eigenvalue weighted by atomic mass is 10.1. The Balaban J connectivity index is 2.90. The van der Waals surface area contributed by atoms with Crippen LogP contribution in [-0.4, -0.2) is 0 Å². The first-order valence-corrected chi connectivity index (χ1v) is 4.63. The number of hydrogen-bond acceptors (Lipinski definition) is 3. The molecule has 3 nitrogen and oxygen atoms in total. The second-order valence-corrected chi connectivity index (χ2v) is 3.31. The molecule has 1 aromatic heterocycles. The Hall–Kier alpha value is -1.84. The van der Waals surface area contributed by atoms with Crippen molar-refractivity contribution in [3.8, 4) is 0 Å². The van der Waals surface area contributed by atoms with Crippen molar-refractivity contribution in [2.75, 3.05) is 5.73 Å². The Bertz CT molecular complexity index is 575. The second-order valence-electron chi connectivity index (χ2n) is 3.31. The smallest absolute Gasteiger partial charge is 0.336 e. The number of rotatable bonds is 1. The van der Waals surface area contributed by atoms with E-state index in [9.17, 15) is 9.18 Å². The highest BCUT2D eigenvalue weighted by atomic mass is 19.1. The molecule has 0 saturated carbocycles. The number of benzene rings is 1. The van der Waals surface area contributed by atoms with Crippen LogP contribution in [0.3, 0.4) is 0 Å². The molecule has 0 aliphatic rings. The number of aryl methyl sites for hydroxylation is 1. The molecule has 15 heavy (non-hydrogen) atoms. The van der Waals surface area contributed by atoms with Gasteiger partial charge in [-0.3, -0.25) is 0 Å². The van der Waals surface area contributed by atoms with Crippen molar-refractivity contribution in [3.05, 3.63) is 40.0 Å². The highest BCUT2D eigenvalue weighted by molar-refractivity contribution is 5.83. The van der Waals surface area contributed by atoms with E-state index in [1.807, 2.05) is 6.92 Å². The van der Waals surface area contributed by atoms with Gasteiger partial charge in [-0.15, -0.1) is 0 Å². The minimum atomic E-state index is -0.570. The molecule has 0 bridgehead atoms. The summed E-state index contributed by atoms with van der Waals surface area (Å²) in [6, 6.07) is 4.04. The molecule has 4 heteroatoms. The molecule has 2 N–H and O–H groups in total. The van der Waals surface area contributed by atoms with E-state index in [0.29, 0.717) is 11.8 Å². The normalized spacial score (nSPS) is 10.8. The van der Waals surface area contributed by atoms with Crippen LogP contribution in [0.1, 0.15) is 12.5 Å². The zero-order valence-electron chi connectivity index (χ0n) is 8.21. The summed E-state index contributed by atoms with van der Waals surface area (Å²) in [4.78, 5) is 11.1. The number of halogens is 1. The van der Waals surface area contributed by atoms with Crippen molar-refractivity contribution >= 4 is 16.7 Å². The van der Waals surface area contributed by atoms with Gasteiger partial charge in [0.1, 0.15) is 11.4 Å². The van der Waals surface area contributed by atoms with Crippen LogP contribution < -0.4 is 11.4 Å². The van der Waals surface area contributed by atoms with Gasteiger partial charge < -0.3 is 10.2 Å². The van der Waals surface area contributed by atoms with Gasteiger partial charge in [0.05, 0.1) is 5.69 Å². The summed E-state index contributed by atoms with van der Waals surface area (Å²) in [7, 11) is 0. The maximum absolute atomic E-state index is 13.1. The Morgan fingerprint density at radius 2 is 2.13 bits per heavy atom. The van der Waals surface area contributed by atoms with E-state index in [-0.39, 0.29) is 11.3 Å². The Morgan fingerprint density at radius 1 is 1.40 bits per heavy atom.